The first-order chi connectivity index (χ1) is 9.65. The summed E-state index contributed by atoms with van der Waals surface area (Å²) in [5, 5.41) is 4.47. The number of aryl methyl sites for hydroxylation is 1. The Balaban J connectivity index is 1.77. The van der Waals surface area contributed by atoms with Gasteiger partial charge in [-0.1, -0.05) is 11.6 Å². The summed E-state index contributed by atoms with van der Waals surface area (Å²) in [5.41, 5.74) is 3.29. The second-order valence-electron chi connectivity index (χ2n) is 4.08. The molecule has 104 valence electrons. The van der Waals surface area contributed by atoms with Crippen LogP contribution in [0.5, 0.6) is 5.75 Å². The Morgan fingerprint density at radius 3 is 2.80 bits per heavy atom. The molecule has 1 N–H and O–H groups in total. The van der Waals surface area contributed by atoms with E-state index >= 15 is 0 Å². The number of carbonyl (C=O) groups is 1. The number of carbonyl (C=O) groups excluding carboxylic acids is 1. The number of hydrogen-bond donors (Lipinski definition) is 1. The number of hydrazone groups is 1. The van der Waals surface area contributed by atoms with Gasteiger partial charge in [-0.25, -0.2) is 5.43 Å². The Morgan fingerprint density at radius 1 is 1.40 bits per heavy atom. The van der Waals surface area contributed by atoms with Crippen molar-refractivity contribution < 1.29 is 9.53 Å². The molecule has 0 aliphatic rings. The zero-order valence-corrected chi connectivity index (χ0v) is 11.7. The number of amides is 1. The van der Waals surface area contributed by atoms with Crippen LogP contribution in [0.2, 0.25) is 5.02 Å². The number of ether oxygens (including phenoxy) is 1. The standard InChI is InChI=1S/C14H14ClN3O2/c1-18-8-2-3-12(18)9-16-17-14(19)10-20-13-6-4-11(15)5-7-13/h2-9H,10H2,1H3,(H,17,19)/b16-9+. The number of aromatic nitrogens is 1. The number of hydrogen-bond acceptors (Lipinski definition) is 3. The van der Waals surface area contributed by atoms with Crippen LogP contribution in [0.1, 0.15) is 5.69 Å². The highest BCUT2D eigenvalue weighted by molar-refractivity contribution is 6.30. The summed E-state index contributed by atoms with van der Waals surface area (Å²) in [7, 11) is 1.90. The number of nitrogens with zero attached hydrogens (tertiary/aromatic N) is 2. The molecule has 0 fully saturated rings. The van der Waals surface area contributed by atoms with Crippen LogP contribution in [0.15, 0.2) is 47.7 Å². The van der Waals surface area contributed by atoms with Crippen LogP contribution >= 0.6 is 11.6 Å². The van der Waals surface area contributed by atoms with Crippen LogP contribution in [-0.2, 0) is 11.8 Å². The quantitative estimate of drug-likeness (QED) is 0.678. The lowest BCUT2D eigenvalue weighted by Crippen LogP contribution is -2.24. The molecule has 0 aliphatic carbocycles. The second kappa shape index (κ2) is 6.77. The van der Waals surface area contributed by atoms with Crippen LogP contribution in [0.3, 0.4) is 0 Å². The lowest BCUT2D eigenvalue weighted by atomic mass is 10.3. The van der Waals surface area contributed by atoms with E-state index in [1.807, 2.05) is 29.9 Å². The molecule has 0 aliphatic heterocycles. The number of halogens is 1. The molecule has 20 heavy (non-hydrogen) atoms. The van der Waals surface area contributed by atoms with E-state index in [9.17, 15) is 4.79 Å². The average Bonchev–Trinajstić information content (AvgIpc) is 2.84. The van der Waals surface area contributed by atoms with Crippen molar-refractivity contribution in [2.24, 2.45) is 12.1 Å². The Hall–Kier alpha value is -2.27. The fourth-order valence-electron chi connectivity index (χ4n) is 1.49. The van der Waals surface area contributed by atoms with Gasteiger partial charge in [0.25, 0.3) is 5.91 Å². The predicted octanol–water partition coefficient (Wildman–Crippen LogP) is 2.21. The molecule has 0 radical (unpaired) electrons. The fraction of sp³-hybridized carbons (Fsp3) is 0.143. The zero-order valence-electron chi connectivity index (χ0n) is 10.9. The molecule has 1 aromatic carbocycles. The predicted molar refractivity (Wildman–Crippen MR) is 78.1 cm³/mol. The third-order valence-electron chi connectivity index (χ3n) is 2.55. The van der Waals surface area contributed by atoms with Crippen LogP contribution < -0.4 is 10.2 Å². The van der Waals surface area contributed by atoms with E-state index < -0.39 is 0 Å². The van der Waals surface area contributed by atoms with Crippen LogP contribution in [-0.4, -0.2) is 23.3 Å². The highest BCUT2D eigenvalue weighted by atomic mass is 35.5. The molecule has 0 saturated heterocycles. The van der Waals surface area contributed by atoms with Gasteiger partial charge in [0, 0.05) is 18.3 Å². The second-order valence-corrected chi connectivity index (χ2v) is 4.52. The van der Waals surface area contributed by atoms with Crippen LogP contribution in [0.25, 0.3) is 0 Å². The van der Waals surface area contributed by atoms with Crippen molar-refractivity contribution in [1.29, 1.82) is 0 Å². The molecule has 6 heteroatoms. The molecule has 1 amide bonds. The van der Waals surface area contributed by atoms with E-state index in [-0.39, 0.29) is 12.5 Å². The average molecular weight is 292 g/mol. The molecule has 5 nitrogen and oxygen atoms in total. The van der Waals surface area contributed by atoms with Crippen molar-refractivity contribution in [3.63, 3.8) is 0 Å². The maximum atomic E-state index is 11.5. The number of rotatable bonds is 5. The summed E-state index contributed by atoms with van der Waals surface area (Å²) >= 11 is 5.75. The first-order valence-corrected chi connectivity index (χ1v) is 6.34. The molecule has 1 aromatic heterocycles. The third-order valence-corrected chi connectivity index (χ3v) is 2.81. The van der Waals surface area contributed by atoms with Crippen molar-refractivity contribution in [2.75, 3.05) is 6.61 Å². The monoisotopic (exact) mass is 291 g/mol. The molecule has 0 saturated carbocycles. The van der Waals surface area contributed by atoms with E-state index in [1.165, 1.54) is 0 Å². The van der Waals surface area contributed by atoms with Gasteiger partial charge in [0.05, 0.1) is 11.9 Å². The topological polar surface area (TPSA) is 55.6 Å². The molecular weight excluding hydrogens is 278 g/mol. The Kier molecular flexibility index (Phi) is 4.79. The summed E-state index contributed by atoms with van der Waals surface area (Å²) in [4.78, 5) is 11.5. The minimum Gasteiger partial charge on any atom is -0.484 e. The normalized spacial score (nSPS) is 10.7. The summed E-state index contributed by atoms with van der Waals surface area (Å²) in [5.74, 6) is 0.251. The first kappa shape index (κ1) is 14.1. The lowest BCUT2D eigenvalue weighted by Gasteiger charge is -2.04. The molecule has 2 aromatic rings. The van der Waals surface area contributed by atoms with E-state index in [4.69, 9.17) is 16.3 Å². The Morgan fingerprint density at radius 2 is 2.15 bits per heavy atom. The molecule has 0 bridgehead atoms. The third kappa shape index (κ3) is 4.13. The maximum Gasteiger partial charge on any atom is 0.277 e. The molecule has 1 heterocycles. The maximum absolute atomic E-state index is 11.5. The minimum absolute atomic E-state index is 0.105. The van der Waals surface area contributed by atoms with Crippen molar-refractivity contribution in [3.05, 3.63) is 53.3 Å². The molecular formula is C14H14ClN3O2. The highest BCUT2D eigenvalue weighted by Gasteiger charge is 2.01. The van der Waals surface area contributed by atoms with Gasteiger partial charge < -0.3 is 9.30 Å². The smallest absolute Gasteiger partial charge is 0.277 e. The molecule has 0 unspecified atom stereocenters. The molecule has 0 atom stereocenters. The SMILES string of the molecule is Cn1cccc1/C=N/NC(=O)COc1ccc(Cl)cc1. The van der Waals surface area contributed by atoms with Crippen LogP contribution in [0.4, 0.5) is 0 Å². The summed E-state index contributed by atoms with van der Waals surface area (Å²) in [6.45, 7) is -0.105. The van der Waals surface area contributed by atoms with E-state index in [1.54, 1.807) is 30.5 Å². The summed E-state index contributed by atoms with van der Waals surface area (Å²) < 4.78 is 7.17. The van der Waals surface area contributed by atoms with Crippen molar-refractivity contribution in [2.45, 2.75) is 0 Å². The zero-order chi connectivity index (χ0) is 14.4. The van der Waals surface area contributed by atoms with Gasteiger partial charge in [-0.2, -0.15) is 5.10 Å². The number of nitrogens with one attached hydrogen (secondary N) is 1. The van der Waals surface area contributed by atoms with Gasteiger partial charge in [-0.15, -0.1) is 0 Å². The summed E-state index contributed by atoms with van der Waals surface area (Å²) in [6, 6.07) is 10.6. The van der Waals surface area contributed by atoms with E-state index in [0.717, 1.165) is 5.69 Å². The number of benzene rings is 1. The summed E-state index contributed by atoms with van der Waals surface area (Å²) in [6.07, 6.45) is 3.47. The van der Waals surface area contributed by atoms with Crippen molar-refractivity contribution >= 4 is 23.7 Å². The van der Waals surface area contributed by atoms with Gasteiger partial charge in [-0.05, 0) is 36.4 Å². The largest absolute Gasteiger partial charge is 0.484 e. The van der Waals surface area contributed by atoms with Gasteiger partial charge in [0.2, 0.25) is 0 Å². The van der Waals surface area contributed by atoms with Crippen molar-refractivity contribution in [1.82, 2.24) is 9.99 Å². The Labute approximate surface area is 121 Å². The van der Waals surface area contributed by atoms with E-state index in [2.05, 4.69) is 10.5 Å². The Bertz CT molecular complexity index is 605. The van der Waals surface area contributed by atoms with Crippen molar-refractivity contribution in [3.8, 4) is 5.75 Å². The minimum atomic E-state index is -0.328. The lowest BCUT2D eigenvalue weighted by molar-refractivity contribution is -0.123. The molecule has 0 spiro atoms. The van der Waals surface area contributed by atoms with Gasteiger partial charge in [-0.3, -0.25) is 4.79 Å². The fourth-order valence-corrected chi connectivity index (χ4v) is 1.62. The van der Waals surface area contributed by atoms with Gasteiger partial charge in [0.1, 0.15) is 5.75 Å². The molecule has 2 rings (SSSR count). The van der Waals surface area contributed by atoms with Crippen LogP contribution in [0, 0.1) is 0 Å². The first-order valence-electron chi connectivity index (χ1n) is 5.97. The van der Waals surface area contributed by atoms with E-state index in [0.29, 0.717) is 10.8 Å². The van der Waals surface area contributed by atoms with Gasteiger partial charge in [0.15, 0.2) is 6.61 Å². The highest BCUT2D eigenvalue weighted by Crippen LogP contribution is 2.15. The van der Waals surface area contributed by atoms with Gasteiger partial charge >= 0.3 is 0 Å².